The SMILES string of the molecule is [2H]c1c([2H])c([2H])c2c(oc3c(C)c([2H])c([2H])c([2H])c32)c1[2H].[2H]c1c([2H])c([2H])c2c(oc3c([2H])c(C)c([2H])c([2H])c32)c1[2H].[2H]c1c([2H])c([2H])c2c(oc3c([2H])c([2H])c(C)c([2H])c32)c1[2H].[2H]c1c([2H])c([2H])c2c(oc3c([2H])c([2H])c([2H])c(C)c32)c1[2H]. The van der Waals surface area contributed by atoms with Crippen LogP contribution in [0.2, 0.25) is 0 Å². The van der Waals surface area contributed by atoms with Gasteiger partial charge in [-0.1, -0.05) is 126 Å². The van der Waals surface area contributed by atoms with E-state index in [-0.39, 0.29) is 220 Å². The molecule has 4 heterocycles. The third-order valence-corrected chi connectivity index (χ3v) is 8.27. The van der Waals surface area contributed by atoms with E-state index in [1.807, 2.05) is 0 Å². The highest BCUT2D eigenvalue weighted by atomic mass is 16.3. The molecule has 0 amide bonds. The monoisotopic (exact) mass is 756 g/mol. The first kappa shape index (κ1) is 15.6. The van der Waals surface area contributed by atoms with Crippen molar-refractivity contribution >= 4 is 87.8 Å². The zero-order valence-corrected chi connectivity index (χ0v) is 29.6. The maximum Gasteiger partial charge on any atom is 0.138 e. The standard InChI is InChI=1S/4C13H10O/c1-9-5-4-7-11-10-6-2-3-8-12(10)14-13(9)11;1-9-5-4-8-12-13(9)10-6-2-3-7-11(10)14-12;1-9-6-7-13-11(8-9)10-4-2-3-5-12(10)14-13;1-9-6-7-11-10-4-2-3-5-12(10)14-13(11)8-9/h4*2-8H,1H3/i4*2D,3D,4D,5D,6D,7D,8D. The Morgan fingerprint density at radius 2 is 0.732 bits per heavy atom. The lowest BCUT2D eigenvalue weighted by atomic mass is 10.1. The summed E-state index contributed by atoms with van der Waals surface area (Å²) in [4.78, 5) is 0. The van der Waals surface area contributed by atoms with Gasteiger partial charge in [0, 0.05) is 43.1 Å². The molecular formula is C52H40O4. The van der Waals surface area contributed by atoms with Crippen molar-refractivity contribution < 1.29 is 56.0 Å². The van der Waals surface area contributed by atoms with E-state index in [9.17, 15) is 0 Å². The second-order valence-electron chi connectivity index (χ2n) is 12.0. The molecule has 0 N–H and O–H groups in total. The Morgan fingerprint density at radius 3 is 1.45 bits per heavy atom. The lowest BCUT2D eigenvalue weighted by molar-refractivity contribution is 0.665. The van der Waals surface area contributed by atoms with Gasteiger partial charge in [-0.05, 0) is 92.7 Å². The maximum absolute atomic E-state index is 8.10. The molecule has 0 atom stereocenters. The Balaban J connectivity index is 0.000000134. The topological polar surface area (TPSA) is 52.6 Å². The second kappa shape index (κ2) is 14.7. The molecule has 0 spiro atoms. The first-order chi connectivity index (χ1) is 39.1. The normalized spacial score (nSPS) is 18.2. The van der Waals surface area contributed by atoms with Crippen LogP contribution in [0.1, 0.15) is 60.6 Å². The van der Waals surface area contributed by atoms with Crippen LogP contribution in [0.15, 0.2) is 187 Å². The highest BCUT2D eigenvalue weighted by molar-refractivity contribution is 6.08. The predicted molar refractivity (Wildman–Crippen MR) is 234 cm³/mol. The van der Waals surface area contributed by atoms with Crippen LogP contribution in [0.3, 0.4) is 0 Å². The number of benzene rings is 8. The largest absolute Gasteiger partial charge is 0.456 e. The number of hydrogen-bond acceptors (Lipinski definition) is 4. The third-order valence-electron chi connectivity index (χ3n) is 8.27. The molecule has 0 bridgehead atoms. The Bertz CT molecular complexity index is 4020. The van der Waals surface area contributed by atoms with Gasteiger partial charge >= 0.3 is 0 Å². The first-order valence-corrected chi connectivity index (χ1v) is 16.6. The Morgan fingerprint density at radius 1 is 0.304 bits per heavy atom. The van der Waals surface area contributed by atoms with Crippen LogP contribution in [0.4, 0.5) is 0 Å². The molecule has 4 aromatic heterocycles. The average molecular weight is 757 g/mol. The van der Waals surface area contributed by atoms with Crippen LogP contribution < -0.4 is 0 Å². The molecule has 0 aliphatic heterocycles. The molecule has 0 aliphatic rings. The summed E-state index contributed by atoms with van der Waals surface area (Å²) >= 11 is 0. The summed E-state index contributed by atoms with van der Waals surface area (Å²) in [6.45, 7) is 6.22. The third kappa shape index (κ3) is 6.56. The number of hydrogen-bond donors (Lipinski definition) is 0. The lowest BCUT2D eigenvalue weighted by Gasteiger charge is -1.93. The molecular weight excluding hydrogens is 689 g/mol. The minimum absolute atomic E-state index is 0.0236. The summed E-state index contributed by atoms with van der Waals surface area (Å²) < 4.78 is 241. The van der Waals surface area contributed by atoms with Crippen molar-refractivity contribution in [3.63, 3.8) is 0 Å². The number of fused-ring (bicyclic) bond motifs is 12. The molecule has 12 rings (SSSR count). The van der Waals surface area contributed by atoms with Crippen molar-refractivity contribution in [3.8, 4) is 0 Å². The zero-order valence-electron chi connectivity index (χ0n) is 57.6. The summed E-state index contributed by atoms with van der Waals surface area (Å²) in [6.07, 6.45) is 0. The average Bonchev–Trinajstić information content (AvgIpc) is 1.92. The fourth-order valence-electron chi connectivity index (χ4n) is 5.74. The van der Waals surface area contributed by atoms with Gasteiger partial charge in [-0.2, -0.15) is 0 Å². The molecule has 0 saturated heterocycles. The predicted octanol–water partition coefficient (Wildman–Crippen LogP) is 15.6. The minimum atomic E-state index is -0.424. The van der Waals surface area contributed by atoms with Crippen molar-refractivity contribution in [1.82, 2.24) is 0 Å². The highest BCUT2D eigenvalue weighted by Crippen LogP contribution is 2.33. The number of aryl methyl sites for hydroxylation is 2. The van der Waals surface area contributed by atoms with Crippen molar-refractivity contribution in [3.05, 3.63) is 191 Å². The lowest BCUT2D eigenvalue weighted by Crippen LogP contribution is -1.72. The van der Waals surface area contributed by atoms with Gasteiger partial charge < -0.3 is 17.7 Å². The van der Waals surface area contributed by atoms with Crippen LogP contribution in [-0.4, -0.2) is 0 Å². The molecule has 56 heavy (non-hydrogen) atoms. The van der Waals surface area contributed by atoms with Crippen LogP contribution in [0, 0.1) is 27.7 Å². The molecule has 8 aromatic carbocycles. The van der Waals surface area contributed by atoms with Crippen LogP contribution in [0.5, 0.6) is 0 Å². The summed E-state index contributed by atoms with van der Waals surface area (Å²) in [5.41, 5.74) is 1.20. The molecule has 12 aromatic rings. The molecule has 272 valence electrons. The summed E-state index contributed by atoms with van der Waals surface area (Å²) in [7, 11) is 0. The van der Waals surface area contributed by atoms with Crippen LogP contribution >= 0.6 is 0 Å². The smallest absolute Gasteiger partial charge is 0.138 e. The van der Waals surface area contributed by atoms with E-state index in [2.05, 4.69) is 0 Å². The highest BCUT2D eigenvalue weighted by Gasteiger charge is 2.09. The van der Waals surface area contributed by atoms with Gasteiger partial charge in [0.25, 0.3) is 0 Å². The second-order valence-corrected chi connectivity index (χ2v) is 12.0. The Labute approximate surface area is 363 Å². The van der Waals surface area contributed by atoms with E-state index in [1.54, 1.807) is 13.8 Å². The summed E-state index contributed by atoms with van der Waals surface area (Å²) in [5, 5.41) is 1.14. The quantitative estimate of drug-likeness (QED) is 0.155. The van der Waals surface area contributed by atoms with Gasteiger partial charge in [-0.25, -0.2) is 0 Å². The van der Waals surface area contributed by atoms with Gasteiger partial charge in [-0.15, -0.1) is 0 Å². The van der Waals surface area contributed by atoms with Crippen LogP contribution in [-0.2, 0) is 0 Å². The Kier molecular flexibility index (Phi) is 4.08. The van der Waals surface area contributed by atoms with E-state index in [4.69, 9.17) is 56.0 Å². The number of rotatable bonds is 0. The van der Waals surface area contributed by atoms with Gasteiger partial charge in [0.2, 0.25) is 0 Å². The number of furan rings is 4. The fourth-order valence-corrected chi connectivity index (χ4v) is 5.74. The van der Waals surface area contributed by atoms with Crippen molar-refractivity contribution in [2.75, 3.05) is 0 Å². The first-order valence-electron chi connectivity index (χ1n) is 30.6. The maximum atomic E-state index is 8.10. The van der Waals surface area contributed by atoms with Gasteiger partial charge in [0.15, 0.2) is 0 Å². The Hall–Kier alpha value is -7.04. The van der Waals surface area contributed by atoms with Crippen molar-refractivity contribution in [1.29, 1.82) is 0 Å². The van der Waals surface area contributed by atoms with E-state index in [0.29, 0.717) is 16.5 Å². The van der Waals surface area contributed by atoms with Gasteiger partial charge in [-0.3, -0.25) is 0 Å². The van der Waals surface area contributed by atoms with Crippen molar-refractivity contribution in [2.24, 2.45) is 0 Å². The molecule has 4 heteroatoms. The van der Waals surface area contributed by atoms with Crippen LogP contribution in [0.25, 0.3) is 87.8 Å². The van der Waals surface area contributed by atoms with E-state index in [0.717, 1.165) is 0 Å². The molecule has 0 saturated carbocycles. The van der Waals surface area contributed by atoms with Gasteiger partial charge in [0.05, 0.1) is 38.4 Å². The van der Waals surface area contributed by atoms with E-state index in [1.165, 1.54) is 13.8 Å². The summed E-state index contributed by atoms with van der Waals surface area (Å²) in [6, 6.07) is -7.97. The van der Waals surface area contributed by atoms with E-state index < -0.39 is 42.3 Å². The van der Waals surface area contributed by atoms with Gasteiger partial charge in [0.1, 0.15) is 44.7 Å². The molecule has 0 fully saturated rings. The molecule has 4 nitrogen and oxygen atoms in total. The minimum Gasteiger partial charge on any atom is -0.456 e. The molecule has 0 radical (unpaired) electrons. The van der Waals surface area contributed by atoms with E-state index >= 15 is 0 Å². The number of para-hydroxylation sites is 5. The summed E-state index contributed by atoms with van der Waals surface area (Å²) in [5.74, 6) is 0. The fraction of sp³-hybridized carbons (Fsp3) is 0.0769. The van der Waals surface area contributed by atoms with Crippen molar-refractivity contribution in [2.45, 2.75) is 27.7 Å². The molecule has 0 aliphatic carbocycles. The molecule has 0 unspecified atom stereocenters. The zero-order chi connectivity index (χ0) is 62.5.